The third kappa shape index (κ3) is 2.84. The van der Waals surface area contributed by atoms with Crippen LogP contribution in [0.5, 0.6) is 11.5 Å². The van der Waals surface area contributed by atoms with Crippen LogP contribution in [0.2, 0.25) is 0 Å². The summed E-state index contributed by atoms with van der Waals surface area (Å²) in [4.78, 5) is 14.4. The number of aliphatic hydroxyl groups excluding tert-OH is 1. The van der Waals surface area contributed by atoms with E-state index in [9.17, 15) is 9.90 Å². The quantitative estimate of drug-likeness (QED) is 0.889. The number of rotatable bonds is 4. The molecular formula is C16H17NO4S2. The van der Waals surface area contributed by atoms with Gasteiger partial charge in [-0.1, -0.05) is 6.07 Å². The van der Waals surface area contributed by atoms with Crippen molar-refractivity contribution in [3.8, 4) is 11.5 Å². The molecule has 1 aliphatic carbocycles. The summed E-state index contributed by atoms with van der Waals surface area (Å²) in [7, 11) is 0. The summed E-state index contributed by atoms with van der Waals surface area (Å²) in [5, 5.41) is 16.6. The molecule has 0 radical (unpaired) electrons. The van der Waals surface area contributed by atoms with E-state index in [2.05, 4.69) is 5.32 Å². The highest BCUT2D eigenvalue weighted by Crippen LogP contribution is 2.42. The summed E-state index contributed by atoms with van der Waals surface area (Å²) in [5.41, 5.74) is 0. The van der Waals surface area contributed by atoms with Gasteiger partial charge >= 0.3 is 0 Å². The van der Waals surface area contributed by atoms with E-state index in [0.717, 1.165) is 17.7 Å². The zero-order valence-electron chi connectivity index (χ0n) is 12.4. The van der Waals surface area contributed by atoms with Crippen LogP contribution in [-0.4, -0.2) is 30.3 Å². The molecule has 0 bridgehead atoms. The van der Waals surface area contributed by atoms with Crippen molar-refractivity contribution < 1.29 is 19.4 Å². The van der Waals surface area contributed by atoms with Crippen molar-refractivity contribution in [2.45, 2.75) is 25.0 Å². The molecule has 1 saturated carbocycles. The number of carbonyl (C=O) groups excluding carboxylic acids is 1. The molecule has 5 nitrogen and oxygen atoms in total. The SMILES string of the molecule is O=C(N[C@@H](c1cccs1)C1CC(O)C1)c1scc2c1OCCO2. The predicted molar refractivity (Wildman–Crippen MR) is 88.6 cm³/mol. The fourth-order valence-electron chi connectivity index (χ4n) is 3.02. The van der Waals surface area contributed by atoms with Crippen LogP contribution in [0.1, 0.15) is 33.4 Å². The minimum absolute atomic E-state index is 0.0619. The number of fused-ring (bicyclic) bond motifs is 1. The van der Waals surface area contributed by atoms with E-state index in [4.69, 9.17) is 9.47 Å². The van der Waals surface area contributed by atoms with Crippen LogP contribution < -0.4 is 14.8 Å². The Bertz CT molecular complexity index is 691. The Balaban J connectivity index is 1.54. The summed E-state index contributed by atoms with van der Waals surface area (Å²) in [6.07, 6.45) is 1.21. The Morgan fingerprint density at radius 2 is 2.13 bits per heavy atom. The highest BCUT2D eigenvalue weighted by atomic mass is 32.1. The van der Waals surface area contributed by atoms with Crippen molar-refractivity contribution in [1.82, 2.24) is 5.32 Å². The van der Waals surface area contributed by atoms with Crippen LogP contribution in [0.4, 0.5) is 0 Å². The number of hydrogen-bond donors (Lipinski definition) is 2. The lowest BCUT2D eigenvalue weighted by atomic mass is 9.76. The average molecular weight is 351 g/mol. The fraction of sp³-hybridized carbons (Fsp3) is 0.438. The molecule has 1 aliphatic heterocycles. The molecule has 2 aromatic rings. The molecule has 0 unspecified atom stereocenters. The van der Waals surface area contributed by atoms with Gasteiger partial charge in [0.25, 0.3) is 5.91 Å². The molecule has 2 aromatic heterocycles. The second-order valence-electron chi connectivity index (χ2n) is 5.81. The Hall–Kier alpha value is -1.57. The van der Waals surface area contributed by atoms with E-state index in [1.165, 1.54) is 11.3 Å². The van der Waals surface area contributed by atoms with Gasteiger partial charge in [0.1, 0.15) is 18.1 Å². The minimum atomic E-state index is -0.245. The van der Waals surface area contributed by atoms with Crippen LogP contribution in [-0.2, 0) is 0 Å². The van der Waals surface area contributed by atoms with Gasteiger partial charge in [-0.3, -0.25) is 4.79 Å². The first kappa shape index (κ1) is 15.0. The van der Waals surface area contributed by atoms with Crippen molar-refractivity contribution >= 4 is 28.6 Å². The highest BCUT2D eigenvalue weighted by molar-refractivity contribution is 7.12. The van der Waals surface area contributed by atoms with Gasteiger partial charge in [-0.05, 0) is 30.2 Å². The summed E-state index contributed by atoms with van der Waals surface area (Å²) < 4.78 is 11.1. The third-order valence-corrected chi connectivity index (χ3v) is 6.16. The molecule has 1 amide bonds. The van der Waals surface area contributed by atoms with E-state index in [1.54, 1.807) is 11.3 Å². The normalized spacial score (nSPS) is 23.9. The molecule has 122 valence electrons. The molecular weight excluding hydrogens is 334 g/mol. The summed E-state index contributed by atoms with van der Waals surface area (Å²) in [6.45, 7) is 0.982. The van der Waals surface area contributed by atoms with Crippen LogP contribution in [0.15, 0.2) is 22.9 Å². The van der Waals surface area contributed by atoms with Gasteiger partial charge in [-0.15, -0.1) is 22.7 Å². The lowest BCUT2D eigenvalue weighted by Crippen LogP contribution is -2.41. The van der Waals surface area contributed by atoms with E-state index in [-0.39, 0.29) is 24.0 Å². The van der Waals surface area contributed by atoms with Gasteiger partial charge in [0.2, 0.25) is 0 Å². The molecule has 2 aliphatic rings. The number of hydrogen-bond acceptors (Lipinski definition) is 6. The van der Waals surface area contributed by atoms with Crippen molar-refractivity contribution in [1.29, 1.82) is 0 Å². The molecule has 7 heteroatoms. The number of amides is 1. The molecule has 0 aromatic carbocycles. The Kier molecular flexibility index (Phi) is 4.00. The maximum absolute atomic E-state index is 12.7. The van der Waals surface area contributed by atoms with E-state index in [0.29, 0.717) is 29.6 Å². The monoisotopic (exact) mass is 351 g/mol. The van der Waals surface area contributed by atoms with E-state index < -0.39 is 0 Å². The number of nitrogens with one attached hydrogen (secondary N) is 1. The van der Waals surface area contributed by atoms with Gasteiger partial charge in [0.05, 0.1) is 12.1 Å². The lowest BCUT2D eigenvalue weighted by Gasteiger charge is -2.37. The van der Waals surface area contributed by atoms with Gasteiger partial charge in [-0.25, -0.2) is 0 Å². The van der Waals surface area contributed by atoms with Gasteiger partial charge < -0.3 is 19.9 Å². The summed E-state index contributed by atoms with van der Waals surface area (Å²) in [5.74, 6) is 1.34. The Morgan fingerprint density at radius 1 is 1.30 bits per heavy atom. The zero-order chi connectivity index (χ0) is 15.8. The van der Waals surface area contributed by atoms with Crippen LogP contribution in [0, 0.1) is 5.92 Å². The number of carbonyl (C=O) groups is 1. The van der Waals surface area contributed by atoms with Gasteiger partial charge in [-0.2, -0.15) is 0 Å². The largest absolute Gasteiger partial charge is 0.485 e. The van der Waals surface area contributed by atoms with Crippen LogP contribution in [0.25, 0.3) is 0 Å². The zero-order valence-corrected chi connectivity index (χ0v) is 14.0. The number of thiophene rings is 2. The van der Waals surface area contributed by atoms with Gasteiger partial charge in [0.15, 0.2) is 11.5 Å². The minimum Gasteiger partial charge on any atom is -0.485 e. The fourth-order valence-corrected chi connectivity index (χ4v) is 4.72. The molecule has 0 spiro atoms. The molecule has 2 N–H and O–H groups in total. The maximum Gasteiger partial charge on any atom is 0.265 e. The second-order valence-corrected chi connectivity index (χ2v) is 7.67. The van der Waals surface area contributed by atoms with Crippen molar-refractivity contribution in [3.63, 3.8) is 0 Å². The molecule has 4 rings (SSSR count). The predicted octanol–water partition coefficient (Wildman–Crippen LogP) is 2.82. The third-order valence-electron chi connectivity index (χ3n) is 4.26. The van der Waals surface area contributed by atoms with Crippen molar-refractivity contribution in [2.75, 3.05) is 13.2 Å². The molecule has 0 saturated heterocycles. The highest BCUT2D eigenvalue weighted by Gasteiger charge is 2.37. The maximum atomic E-state index is 12.7. The van der Waals surface area contributed by atoms with Crippen molar-refractivity contribution in [2.24, 2.45) is 5.92 Å². The van der Waals surface area contributed by atoms with E-state index in [1.807, 2.05) is 22.9 Å². The number of aliphatic hydroxyl groups is 1. The smallest absolute Gasteiger partial charge is 0.265 e. The van der Waals surface area contributed by atoms with E-state index >= 15 is 0 Å². The summed E-state index contributed by atoms with van der Waals surface area (Å²) in [6, 6.07) is 3.95. The summed E-state index contributed by atoms with van der Waals surface area (Å²) >= 11 is 2.97. The molecule has 1 atom stereocenters. The molecule has 1 fully saturated rings. The topological polar surface area (TPSA) is 67.8 Å². The Morgan fingerprint density at radius 3 is 2.87 bits per heavy atom. The lowest BCUT2D eigenvalue weighted by molar-refractivity contribution is 0.0241. The van der Waals surface area contributed by atoms with Crippen molar-refractivity contribution in [3.05, 3.63) is 32.6 Å². The average Bonchev–Trinajstić information content (AvgIpc) is 3.18. The first-order valence-corrected chi connectivity index (χ1v) is 9.37. The number of ether oxygens (including phenoxy) is 2. The first-order chi connectivity index (χ1) is 11.2. The second kappa shape index (κ2) is 6.14. The standard InChI is InChI=1S/C16H17NO4S2/c18-10-6-9(7-10)13(12-2-1-5-22-12)17-16(19)15-14-11(8-23-15)20-3-4-21-14/h1-2,5,8-10,13,18H,3-4,6-7H2,(H,17,19)/t9?,10?,13-/m1/s1. The molecule has 3 heterocycles. The Labute approximate surface area is 141 Å². The van der Waals surface area contributed by atoms with Crippen LogP contribution in [0.3, 0.4) is 0 Å². The van der Waals surface area contributed by atoms with Crippen LogP contribution >= 0.6 is 22.7 Å². The molecule has 23 heavy (non-hydrogen) atoms. The van der Waals surface area contributed by atoms with Gasteiger partial charge in [0, 0.05) is 10.3 Å². The first-order valence-electron chi connectivity index (χ1n) is 7.62.